The van der Waals surface area contributed by atoms with E-state index in [1.54, 1.807) is 4.90 Å². The molecule has 0 aromatic carbocycles. The molecule has 0 N–H and O–H groups in total. The predicted octanol–water partition coefficient (Wildman–Crippen LogP) is 0.249. The topological polar surface area (TPSA) is 76.2 Å². The predicted molar refractivity (Wildman–Crippen MR) is 89.3 cm³/mol. The molecule has 0 aromatic rings. The van der Waals surface area contributed by atoms with Crippen LogP contribution in [-0.2, 0) is 24.1 Å². The van der Waals surface area contributed by atoms with Crippen molar-refractivity contribution < 1.29 is 22.7 Å². The van der Waals surface area contributed by atoms with Crippen molar-refractivity contribution in [1.82, 2.24) is 9.80 Å². The number of ether oxygens (including phenoxy) is 2. The minimum absolute atomic E-state index is 0.0181. The normalized spacial score (nSPS) is 31.4. The second-order valence-corrected chi connectivity index (χ2v) is 9.11. The standard InChI is InChI=1S/C16H28N2O5S/c1-2-18(13-6-10-24(20,21)12-13)15(19)11-17-7-4-3-5-14(17)16-22-8-9-23-16/h13-14,16H,2-12H2,1H3. The van der Waals surface area contributed by atoms with Gasteiger partial charge in [0.2, 0.25) is 5.91 Å². The highest BCUT2D eigenvalue weighted by Gasteiger charge is 2.37. The molecule has 7 nitrogen and oxygen atoms in total. The van der Waals surface area contributed by atoms with Gasteiger partial charge in [-0.3, -0.25) is 9.69 Å². The van der Waals surface area contributed by atoms with Crippen molar-refractivity contribution in [2.24, 2.45) is 0 Å². The summed E-state index contributed by atoms with van der Waals surface area (Å²) in [5.74, 6) is 0.312. The molecule has 3 aliphatic rings. The molecule has 1 amide bonds. The fraction of sp³-hybridized carbons (Fsp3) is 0.938. The number of likely N-dealkylation sites (tertiary alicyclic amines) is 1. The van der Waals surface area contributed by atoms with Crippen molar-refractivity contribution in [2.75, 3.05) is 44.4 Å². The zero-order valence-electron chi connectivity index (χ0n) is 14.4. The lowest BCUT2D eigenvalue weighted by Gasteiger charge is -2.39. The molecule has 0 saturated carbocycles. The SMILES string of the molecule is CCN(C(=O)CN1CCCCC1C1OCCO1)C1CCS(=O)(=O)C1. The summed E-state index contributed by atoms with van der Waals surface area (Å²) in [7, 11) is -2.99. The molecule has 3 rings (SSSR count). The van der Waals surface area contributed by atoms with Crippen LogP contribution in [0.2, 0.25) is 0 Å². The summed E-state index contributed by atoms with van der Waals surface area (Å²) in [6.07, 6.45) is 3.49. The van der Waals surface area contributed by atoms with Gasteiger partial charge in [0.15, 0.2) is 16.1 Å². The van der Waals surface area contributed by atoms with Gasteiger partial charge in [-0.1, -0.05) is 6.42 Å². The third-order valence-electron chi connectivity index (χ3n) is 5.27. The zero-order valence-corrected chi connectivity index (χ0v) is 15.2. The summed E-state index contributed by atoms with van der Waals surface area (Å²) in [6, 6.07) is -0.0501. The molecule has 0 aromatic heterocycles. The number of hydrogen-bond donors (Lipinski definition) is 0. The van der Waals surface area contributed by atoms with Gasteiger partial charge in [0.05, 0.1) is 37.3 Å². The van der Waals surface area contributed by atoms with Crippen molar-refractivity contribution in [2.45, 2.75) is 51.0 Å². The Labute approximate surface area is 144 Å². The minimum atomic E-state index is -2.99. The molecule has 2 atom stereocenters. The average Bonchev–Trinajstić information content (AvgIpc) is 3.18. The molecule has 8 heteroatoms. The second kappa shape index (κ2) is 7.68. The summed E-state index contributed by atoms with van der Waals surface area (Å²) in [6.45, 7) is 4.88. The summed E-state index contributed by atoms with van der Waals surface area (Å²) < 4.78 is 34.7. The van der Waals surface area contributed by atoms with Crippen molar-refractivity contribution >= 4 is 15.7 Å². The zero-order chi connectivity index (χ0) is 17.2. The average molecular weight is 360 g/mol. The highest BCUT2D eigenvalue weighted by molar-refractivity contribution is 7.91. The van der Waals surface area contributed by atoms with Gasteiger partial charge in [0.25, 0.3) is 0 Å². The van der Waals surface area contributed by atoms with E-state index in [0.717, 1.165) is 25.8 Å². The third kappa shape index (κ3) is 4.09. The van der Waals surface area contributed by atoms with Crippen molar-refractivity contribution in [1.29, 1.82) is 0 Å². The van der Waals surface area contributed by atoms with Crippen molar-refractivity contribution in [3.05, 3.63) is 0 Å². The van der Waals surface area contributed by atoms with E-state index >= 15 is 0 Å². The van der Waals surface area contributed by atoms with Crippen molar-refractivity contribution in [3.8, 4) is 0 Å². The van der Waals surface area contributed by atoms with Crippen LogP contribution in [0.3, 0.4) is 0 Å². The molecule has 0 spiro atoms. The lowest BCUT2D eigenvalue weighted by Crippen LogP contribution is -2.53. The van der Waals surface area contributed by atoms with E-state index in [4.69, 9.17) is 9.47 Å². The van der Waals surface area contributed by atoms with Crippen LogP contribution in [0, 0.1) is 0 Å². The molecule has 3 saturated heterocycles. The van der Waals surface area contributed by atoms with Gasteiger partial charge in [-0.2, -0.15) is 0 Å². The Balaban J connectivity index is 1.62. The van der Waals surface area contributed by atoms with Gasteiger partial charge in [-0.15, -0.1) is 0 Å². The van der Waals surface area contributed by atoms with Crippen LogP contribution >= 0.6 is 0 Å². The molecular weight excluding hydrogens is 332 g/mol. The minimum Gasteiger partial charge on any atom is -0.349 e. The number of carbonyl (C=O) groups excluding carboxylic acids is 1. The highest BCUT2D eigenvalue weighted by Crippen LogP contribution is 2.25. The number of piperidine rings is 1. The Morgan fingerprint density at radius 1 is 1.21 bits per heavy atom. The number of hydrogen-bond acceptors (Lipinski definition) is 6. The summed E-state index contributed by atoms with van der Waals surface area (Å²) >= 11 is 0. The van der Waals surface area contributed by atoms with E-state index < -0.39 is 9.84 Å². The molecule has 24 heavy (non-hydrogen) atoms. The molecule has 3 heterocycles. The number of amides is 1. The van der Waals surface area contributed by atoms with E-state index in [-0.39, 0.29) is 35.8 Å². The van der Waals surface area contributed by atoms with E-state index in [9.17, 15) is 13.2 Å². The molecule has 3 aliphatic heterocycles. The van der Waals surface area contributed by atoms with E-state index in [1.807, 2.05) is 6.92 Å². The van der Waals surface area contributed by atoms with Gasteiger partial charge in [0.1, 0.15) is 0 Å². The van der Waals surface area contributed by atoms with Crippen molar-refractivity contribution in [3.63, 3.8) is 0 Å². The van der Waals surface area contributed by atoms with Gasteiger partial charge in [-0.05, 0) is 32.7 Å². The van der Waals surface area contributed by atoms with E-state index in [2.05, 4.69) is 4.90 Å². The van der Waals surface area contributed by atoms with Gasteiger partial charge in [-0.25, -0.2) is 8.42 Å². The number of sulfone groups is 1. The summed E-state index contributed by atoms with van der Waals surface area (Å²) in [5, 5.41) is 0. The van der Waals surface area contributed by atoms with Crippen LogP contribution in [0.15, 0.2) is 0 Å². The quantitative estimate of drug-likeness (QED) is 0.700. The Morgan fingerprint density at radius 3 is 2.58 bits per heavy atom. The largest absolute Gasteiger partial charge is 0.349 e. The summed E-state index contributed by atoms with van der Waals surface area (Å²) in [4.78, 5) is 16.7. The van der Waals surface area contributed by atoms with Crippen LogP contribution in [-0.4, -0.2) is 86.9 Å². The fourth-order valence-electron chi connectivity index (χ4n) is 4.04. The molecule has 0 bridgehead atoms. The van der Waals surface area contributed by atoms with Crippen LogP contribution in [0.1, 0.15) is 32.6 Å². The van der Waals surface area contributed by atoms with Gasteiger partial charge >= 0.3 is 0 Å². The van der Waals surface area contributed by atoms with Crippen LogP contribution < -0.4 is 0 Å². The Bertz CT molecular complexity index is 547. The summed E-state index contributed by atoms with van der Waals surface area (Å²) in [5.41, 5.74) is 0. The number of nitrogens with zero attached hydrogens (tertiary/aromatic N) is 2. The fourth-order valence-corrected chi connectivity index (χ4v) is 5.77. The maximum absolute atomic E-state index is 12.8. The van der Waals surface area contributed by atoms with Crippen LogP contribution in [0.25, 0.3) is 0 Å². The first-order chi connectivity index (χ1) is 11.5. The molecule has 2 unspecified atom stereocenters. The molecule has 0 aliphatic carbocycles. The van der Waals surface area contributed by atoms with E-state index in [0.29, 0.717) is 32.7 Å². The number of rotatable bonds is 5. The Kier molecular flexibility index (Phi) is 5.79. The maximum Gasteiger partial charge on any atom is 0.237 e. The third-order valence-corrected chi connectivity index (χ3v) is 7.02. The van der Waals surface area contributed by atoms with Gasteiger partial charge in [0, 0.05) is 12.6 Å². The number of likely N-dealkylation sites (N-methyl/N-ethyl adjacent to an activating group) is 1. The first-order valence-electron chi connectivity index (χ1n) is 8.97. The first kappa shape index (κ1) is 18.1. The monoisotopic (exact) mass is 360 g/mol. The lowest BCUT2D eigenvalue weighted by molar-refractivity contribution is -0.141. The second-order valence-electron chi connectivity index (χ2n) is 6.88. The first-order valence-corrected chi connectivity index (χ1v) is 10.8. The molecule has 138 valence electrons. The molecule has 0 radical (unpaired) electrons. The van der Waals surface area contributed by atoms with Crippen LogP contribution in [0.4, 0.5) is 0 Å². The Morgan fingerprint density at radius 2 is 1.96 bits per heavy atom. The highest BCUT2D eigenvalue weighted by atomic mass is 32.2. The lowest BCUT2D eigenvalue weighted by atomic mass is 10.0. The van der Waals surface area contributed by atoms with Gasteiger partial charge < -0.3 is 14.4 Å². The molecule has 3 fully saturated rings. The Hall–Kier alpha value is -0.700. The number of carbonyl (C=O) groups is 1. The van der Waals surface area contributed by atoms with E-state index in [1.165, 1.54) is 0 Å². The van der Waals surface area contributed by atoms with Crippen LogP contribution in [0.5, 0.6) is 0 Å². The smallest absolute Gasteiger partial charge is 0.237 e. The maximum atomic E-state index is 12.8. The molecular formula is C16H28N2O5S.